The lowest BCUT2D eigenvalue weighted by molar-refractivity contribution is -0.385. The highest BCUT2D eigenvalue weighted by molar-refractivity contribution is 9.10. The minimum atomic E-state index is -0.567. The number of unbranched alkanes of at least 4 members (excludes halogenated alkanes) is 1. The van der Waals surface area contributed by atoms with Gasteiger partial charge in [0.05, 0.1) is 16.0 Å². The third-order valence-electron chi connectivity index (χ3n) is 2.24. The molecule has 0 N–H and O–H groups in total. The van der Waals surface area contributed by atoms with Gasteiger partial charge in [-0.2, -0.15) is 0 Å². The molecule has 1 aromatic rings. The molecule has 0 radical (unpaired) electrons. The Morgan fingerprint density at radius 2 is 2.21 bits per heavy atom. The number of hydrogen-bond acceptors (Lipinski definition) is 5. The molecule has 0 fully saturated rings. The number of carbonyl (C=O) groups excluding carboxylic acids is 1. The van der Waals surface area contributed by atoms with Crippen molar-refractivity contribution in [2.75, 3.05) is 13.2 Å². The Labute approximate surface area is 119 Å². The van der Waals surface area contributed by atoms with Gasteiger partial charge in [0.25, 0.3) is 0 Å². The van der Waals surface area contributed by atoms with Crippen molar-refractivity contribution in [2.24, 2.45) is 0 Å². The van der Waals surface area contributed by atoms with Gasteiger partial charge in [-0.25, -0.2) is 4.79 Å². The van der Waals surface area contributed by atoms with Crippen molar-refractivity contribution < 1.29 is 19.2 Å². The first-order chi connectivity index (χ1) is 9.06. The molecule has 0 heterocycles. The van der Waals surface area contributed by atoms with Crippen LogP contribution in [0.3, 0.4) is 0 Å². The lowest BCUT2D eigenvalue weighted by atomic mass is 10.3. The van der Waals surface area contributed by atoms with Crippen LogP contribution in [0.25, 0.3) is 0 Å². The summed E-state index contributed by atoms with van der Waals surface area (Å²) in [6.07, 6.45) is 1.70. The van der Waals surface area contributed by atoms with Gasteiger partial charge in [0.1, 0.15) is 0 Å². The van der Waals surface area contributed by atoms with E-state index in [9.17, 15) is 14.9 Å². The Balaban J connectivity index is 2.62. The Hall–Kier alpha value is -1.63. The molecule has 0 atom stereocenters. The summed E-state index contributed by atoms with van der Waals surface area (Å²) >= 11 is 3.15. The predicted octanol–water partition coefficient (Wildman–Crippen LogP) is 3.08. The molecule has 0 bridgehead atoms. The maximum atomic E-state index is 11.4. The molecule has 104 valence electrons. The van der Waals surface area contributed by atoms with Crippen molar-refractivity contribution in [3.8, 4) is 5.75 Å². The van der Waals surface area contributed by atoms with Crippen LogP contribution in [-0.2, 0) is 9.53 Å². The van der Waals surface area contributed by atoms with Gasteiger partial charge in [-0.05, 0) is 28.4 Å². The van der Waals surface area contributed by atoms with Crippen LogP contribution in [0.15, 0.2) is 22.7 Å². The summed E-state index contributed by atoms with van der Waals surface area (Å²) in [7, 11) is 0. The van der Waals surface area contributed by atoms with Crippen LogP contribution < -0.4 is 4.74 Å². The van der Waals surface area contributed by atoms with Crippen LogP contribution in [-0.4, -0.2) is 24.1 Å². The van der Waals surface area contributed by atoms with E-state index in [2.05, 4.69) is 15.9 Å². The van der Waals surface area contributed by atoms with E-state index in [4.69, 9.17) is 9.47 Å². The van der Waals surface area contributed by atoms with E-state index in [0.717, 1.165) is 12.8 Å². The maximum Gasteiger partial charge on any atom is 0.344 e. The number of nitro groups is 1. The molecule has 0 saturated carbocycles. The molecule has 7 heteroatoms. The Morgan fingerprint density at radius 1 is 1.47 bits per heavy atom. The topological polar surface area (TPSA) is 78.7 Å². The first kappa shape index (κ1) is 15.4. The van der Waals surface area contributed by atoms with Crippen molar-refractivity contribution in [3.63, 3.8) is 0 Å². The molecule has 19 heavy (non-hydrogen) atoms. The molecular formula is C12H14BrNO5. The molecule has 1 aromatic carbocycles. The highest BCUT2D eigenvalue weighted by Crippen LogP contribution is 2.34. The van der Waals surface area contributed by atoms with Crippen LogP contribution in [0.2, 0.25) is 0 Å². The molecule has 1 rings (SSSR count). The van der Waals surface area contributed by atoms with E-state index in [1.165, 1.54) is 12.1 Å². The Bertz CT molecular complexity index is 463. The van der Waals surface area contributed by atoms with Crippen molar-refractivity contribution in [3.05, 3.63) is 32.8 Å². The fourth-order valence-electron chi connectivity index (χ4n) is 1.29. The summed E-state index contributed by atoms with van der Waals surface area (Å²) in [4.78, 5) is 21.6. The molecule has 6 nitrogen and oxygen atoms in total. The minimum absolute atomic E-state index is 0.0277. The number of benzene rings is 1. The largest absolute Gasteiger partial charge is 0.474 e. The highest BCUT2D eigenvalue weighted by Gasteiger charge is 2.19. The first-order valence-electron chi connectivity index (χ1n) is 5.77. The monoisotopic (exact) mass is 331 g/mol. The van der Waals surface area contributed by atoms with E-state index in [1.807, 2.05) is 6.92 Å². The SMILES string of the molecule is CCCCOC(=O)COc1c(Br)cccc1[N+](=O)[O-]. The van der Waals surface area contributed by atoms with Crippen LogP contribution in [0.4, 0.5) is 5.69 Å². The number of carbonyl (C=O) groups is 1. The minimum Gasteiger partial charge on any atom is -0.474 e. The van der Waals surface area contributed by atoms with Crippen molar-refractivity contribution in [1.82, 2.24) is 0 Å². The Kier molecular flexibility index (Phi) is 6.27. The zero-order valence-corrected chi connectivity index (χ0v) is 12.0. The number of esters is 1. The average molecular weight is 332 g/mol. The third-order valence-corrected chi connectivity index (χ3v) is 2.86. The van der Waals surface area contributed by atoms with E-state index < -0.39 is 10.9 Å². The van der Waals surface area contributed by atoms with Gasteiger partial charge in [-0.1, -0.05) is 19.4 Å². The lowest BCUT2D eigenvalue weighted by Crippen LogP contribution is -2.16. The fourth-order valence-corrected chi connectivity index (χ4v) is 1.76. The van der Waals surface area contributed by atoms with Crippen molar-refractivity contribution >= 4 is 27.6 Å². The second kappa shape index (κ2) is 7.73. The molecule has 0 aliphatic carbocycles. The van der Waals surface area contributed by atoms with E-state index in [1.54, 1.807) is 6.07 Å². The summed E-state index contributed by atoms with van der Waals surface area (Å²) in [5.74, 6) is -0.515. The standard InChI is InChI=1S/C12H14BrNO5/c1-2-3-7-18-11(15)8-19-12-9(13)5-4-6-10(12)14(16)17/h4-6H,2-3,7-8H2,1H3. The summed E-state index contributed by atoms with van der Waals surface area (Å²) in [6, 6.07) is 4.43. The van der Waals surface area contributed by atoms with Gasteiger partial charge in [0, 0.05) is 6.07 Å². The number of nitrogens with zero attached hydrogens (tertiary/aromatic N) is 1. The summed E-state index contributed by atoms with van der Waals surface area (Å²) in [6.45, 7) is 1.96. The van der Waals surface area contributed by atoms with Gasteiger partial charge in [-0.3, -0.25) is 10.1 Å². The molecule has 0 aliphatic heterocycles. The number of nitro benzene ring substituents is 1. The van der Waals surface area contributed by atoms with Crippen molar-refractivity contribution in [1.29, 1.82) is 0 Å². The molecule has 0 spiro atoms. The maximum absolute atomic E-state index is 11.4. The zero-order chi connectivity index (χ0) is 14.3. The summed E-state index contributed by atoms with van der Waals surface area (Å²) in [5, 5.41) is 10.8. The fraction of sp³-hybridized carbons (Fsp3) is 0.417. The van der Waals surface area contributed by atoms with Gasteiger partial charge >= 0.3 is 11.7 Å². The first-order valence-corrected chi connectivity index (χ1v) is 6.57. The second-order valence-corrected chi connectivity index (χ2v) is 4.56. The third kappa shape index (κ3) is 4.86. The van der Waals surface area contributed by atoms with Gasteiger partial charge in [0.15, 0.2) is 6.61 Å². The molecule has 0 saturated heterocycles. The lowest BCUT2D eigenvalue weighted by Gasteiger charge is -2.08. The molecule has 0 unspecified atom stereocenters. The molecule has 0 amide bonds. The normalized spacial score (nSPS) is 10.0. The number of halogens is 1. The number of para-hydroxylation sites is 1. The number of ether oxygens (including phenoxy) is 2. The van der Waals surface area contributed by atoms with E-state index >= 15 is 0 Å². The van der Waals surface area contributed by atoms with E-state index in [0.29, 0.717) is 11.1 Å². The van der Waals surface area contributed by atoms with Crippen molar-refractivity contribution in [2.45, 2.75) is 19.8 Å². The quantitative estimate of drug-likeness (QED) is 0.332. The number of rotatable bonds is 7. The molecular weight excluding hydrogens is 318 g/mol. The second-order valence-electron chi connectivity index (χ2n) is 3.71. The highest BCUT2D eigenvalue weighted by atomic mass is 79.9. The van der Waals surface area contributed by atoms with Gasteiger partial charge in [0.2, 0.25) is 5.75 Å². The van der Waals surface area contributed by atoms with E-state index in [-0.39, 0.29) is 18.0 Å². The summed E-state index contributed by atoms with van der Waals surface area (Å²) < 4.78 is 10.5. The summed E-state index contributed by atoms with van der Waals surface area (Å²) in [5.41, 5.74) is -0.198. The average Bonchev–Trinajstić information content (AvgIpc) is 2.37. The van der Waals surface area contributed by atoms with Gasteiger partial charge in [-0.15, -0.1) is 0 Å². The Morgan fingerprint density at radius 3 is 2.84 bits per heavy atom. The molecule has 0 aliphatic rings. The number of hydrogen-bond donors (Lipinski definition) is 0. The van der Waals surface area contributed by atoms with Gasteiger partial charge < -0.3 is 9.47 Å². The molecule has 0 aromatic heterocycles. The van der Waals surface area contributed by atoms with Crippen LogP contribution >= 0.6 is 15.9 Å². The smallest absolute Gasteiger partial charge is 0.344 e. The zero-order valence-electron chi connectivity index (χ0n) is 10.4. The van der Waals surface area contributed by atoms with Crippen LogP contribution in [0.5, 0.6) is 5.75 Å². The van der Waals surface area contributed by atoms with Crippen LogP contribution in [0.1, 0.15) is 19.8 Å². The van der Waals surface area contributed by atoms with Crippen LogP contribution in [0, 0.1) is 10.1 Å². The predicted molar refractivity (Wildman–Crippen MR) is 72.2 cm³/mol.